The van der Waals surface area contributed by atoms with Crippen molar-refractivity contribution in [3.05, 3.63) is 66.7 Å². The molecule has 0 bridgehead atoms. The number of carbonyl (C=O) groups is 3. The monoisotopic (exact) mass is 626 g/mol. The predicted octanol–water partition coefficient (Wildman–Crippen LogP) is 6.10. The number of amides is 4. The highest BCUT2D eigenvalue weighted by Crippen LogP contribution is 2.33. The molecule has 1 aliphatic heterocycles. The number of aromatic amines is 2. The normalized spacial score (nSPS) is 15.1. The van der Waals surface area contributed by atoms with Crippen LogP contribution in [0.25, 0.3) is 33.6 Å². The first-order valence-electron chi connectivity index (χ1n) is 15.8. The Morgan fingerprint density at radius 2 is 1.54 bits per heavy atom. The molecular weight excluding hydrogens is 584 g/mol. The second-order valence-corrected chi connectivity index (χ2v) is 11.7. The number of alkyl carbamates (subject to hydrolysis) is 1. The number of H-pyrrole nitrogens is 2. The van der Waals surface area contributed by atoms with E-state index in [0.29, 0.717) is 19.0 Å². The highest BCUT2D eigenvalue weighted by Gasteiger charge is 2.37. The highest BCUT2D eigenvalue weighted by atomic mass is 16.5. The van der Waals surface area contributed by atoms with E-state index in [4.69, 9.17) is 9.72 Å². The molecule has 12 nitrogen and oxygen atoms in total. The van der Waals surface area contributed by atoms with Crippen LogP contribution >= 0.6 is 0 Å². The lowest BCUT2D eigenvalue weighted by atomic mass is 10.0. The van der Waals surface area contributed by atoms with Gasteiger partial charge in [-0.1, -0.05) is 75.7 Å². The van der Waals surface area contributed by atoms with Crippen molar-refractivity contribution in [2.75, 3.05) is 25.5 Å². The first-order valence-corrected chi connectivity index (χ1v) is 15.8. The Labute approximate surface area is 268 Å². The maximum absolute atomic E-state index is 13.4. The van der Waals surface area contributed by atoms with E-state index in [1.807, 2.05) is 61.3 Å². The number of ether oxygens (including phenoxy) is 1. The molecule has 2 aromatic carbocycles. The number of rotatable bonds is 11. The molecule has 12 heteroatoms. The van der Waals surface area contributed by atoms with Crippen molar-refractivity contribution < 1.29 is 19.1 Å². The van der Waals surface area contributed by atoms with Crippen LogP contribution in [-0.4, -0.2) is 69.1 Å². The Hall–Kier alpha value is -5.13. The summed E-state index contributed by atoms with van der Waals surface area (Å²) in [5.74, 6) is 0.901. The fourth-order valence-corrected chi connectivity index (χ4v) is 5.58. The van der Waals surface area contributed by atoms with Crippen LogP contribution in [0.15, 0.2) is 60.9 Å². The zero-order valence-corrected chi connectivity index (χ0v) is 26.7. The number of carbonyl (C=O) groups excluding carboxylic acids is 3. The molecule has 0 unspecified atom stereocenters. The van der Waals surface area contributed by atoms with Gasteiger partial charge in [0.05, 0.1) is 24.5 Å². The summed E-state index contributed by atoms with van der Waals surface area (Å²) >= 11 is 0. The standard InChI is InChI=1S/C34H42N8O4/c1-5-6-17-35-33(44)41-32-37-20-27(39-32)25-15-11-23(12-16-25)22-9-13-24(14-10-22)26-19-36-30(38-26)28-8-7-18-42(28)31(43)29(21(2)3)40-34(45)46-4/h9-16,19-21,28-29H,5-8,17-18H2,1-4H3,(H,36,38)(H,40,45)(H3,35,37,39,41,44)/t28-,29-/m0/s1. The van der Waals surface area contributed by atoms with Crippen LogP contribution in [0.4, 0.5) is 15.5 Å². The van der Waals surface area contributed by atoms with E-state index in [9.17, 15) is 14.4 Å². The minimum atomic E-state index is -0.675. The second kappa shape index (κ2) is 14.8. The molecule has 242 valence electrons. The number of methoxy groups -OCH3 is 1. The minimum Gasteiger partial charge on any atom is -0.453 e. The fourth-order valence-electron chi connectivity index (χ4n) is 5.58. The molecule has 1 aliphatic rings. The third-order valence-corrected chi connectivity index (χ3v) is 8.16. The number of nitrogens with one attached hydrogen (secondary N) is 5. The third kappa shape index (κ3) is 7.56. The molecule has 2 atom stereocenters. The summed E-state index contributed by atoms with van der Waals surface area (Å²) in [6, 6.07) is 15.1. The summed E-state index contributed by atoms with van der Waals surface area (Å²) in [5.41, 5.74) is 5.54. The first-order chi connectivity index (χ1) is 22.3. The van der Waals surface area contributed by atoms with E-state index in [1.165, 1.54) is 7.11 Å². The maximum atomic E-state index is 13.4. The molecule has 4 aromatic rings. The molecule has 1 saturated heterocycles. The lowest BCUT2D eigenvalue weighted by Crippen LogP contribution is -2.51. The predicted molar refractivity (Wildman–Crippen MR) is 177 cm³/mol. The molecule has 0 spiro atoms. The molecule has 46 heavy (non-hydrogen) atoms. The maximum Gasteiger partial charge on any atom is 0.407 e. The van der Waals surface area contributed by atoms with Gasteiger partial charge in [0, 0.05) is 36.6 Å². The fraction of sp³-hybridized carbons (Fsp3) is 0.382. The van der Waals surface area contributed by atoms with Crippen LogP contribution in [-0.2, 0) is 9.53 Å². The van der Waals surface area contributed by atoms with Gasteiger partial charge in [-0.2, -0.15) is 0 Å². The molecule has 0 radical (unpaired) electrons. The summed E-state index contributed by atoms with van der Waals surface area (Å²) in [6.45, 7) is 7.11. The SMILES string of the molecule is CCCCNC(=O)Nc1nc(-c2ccc(-c3ccc(-c4c[nH]c([C@@H]5CCCN5C(=O)[C@@H](NC(=O)OC)C(C)C)n4)cc3)cc2)c[nH]1. The van der Waals surface area contributed by atoms with Crippen LogP contribution in [0.2, 0.25) is 0 Å². The zero-order valence-electron chi connectivity index (χ0n) is 26.7. The Morgan fingerprint density at radius 1 is 0.935 bits per heavy atom. The summed E-state index contributed by atoms with van der Waals surface area (Å²) in [6.07, 6.45) is 6.61. The molecule has 5 N–H and O–H groups in total. The Kier molecular flexibility index (Phi) is 10.4. The van der Waals surface area contributed by atoms with Gasteiger partial charge >= 0.3 is 12.1 Å². The number of urea groups is 1. The molecule has 0 saturated carbocycles. The van der Waals surface area contributed by atoms with E-state index in [1.54, 1.807) is 6.20 Å². The summed E-state index contributed by atoms with van der Waals surface area (Å²) in [5, 5.41) is 8.22. The number of imidazole rings is 2. The number of hydrogen-bond donors (Lipinski definition) is 5. The van der Waals surface area contributed by atoms with Crippen LogP contribution in [0.1, 0.15) is 58.3 Å². The van der Waals surface area contributed by atoms with Crippen molar-refractivity contribution >= 4 is 24.0 Å². The lowest BCUT2D eigenvalue weighted by molar-refractivity contribution is -0.135. The van der Waals surface area contributed by atoms with Crippen LogP contribution in [0.3, 0.4) is 0 Å². The Morgan fingerprint density at radius 3 is 2.15 bits per heavy atom. The Balaban J connectivity index is 1.22. The average molecular weight is 627 g/mol. The molecule has 2 aromatic heterocycles. The number of anilines is 1. The number of aromatic nitrogens is 4. The summed E-state index contributed by atoms with van der Waals surface area (Å²) in [7, 11) is 1.29. The van der Waals surface area contributed by atoms with Crippen molar-refractivity contribution in [3.63, 3.8) is 0 Å². The molecular formula is C34H42N8O4. The summed E-state index contributed by atoms with van der Waals surface area (Å²) in [4.78, 5) is 54.8. The second-order valence-electron chi connectivity index (χ2n) is 11.7. The molecule has 3 heterocycles. The van der Waals surface area contributed by atoms with Crippen molar-refractivity contribution in [2.45, 2.75) is 58.5 Å². The van der Waals surface area contributed by atoms with E-state index in [0.717, 1.165) is 65.1 Å². The molecule has 1 fully saturated rings. The topological polar surface area (TPSA) is 157 Å². The van der Waals surface area contributed by atoms with E-state index >= 15 is 0 Å². The summed E-state index contributed by atoms with van der Waals surface area (Å²) < 4.78 is 4.73. The van der Waals surface area contributed by atoms with Gasteiger partial charge in [0.15, 0.2) is 0 Å². The molecule has 4 amide bonds. The van der Waals surface area contributed by atoms with E-state index in [2.05, 4.69) is 50.0 Å². The zero-order chi connectivity index (χ0) is 32.6. The number of hydrogen-bond acceptors (Lipinski definition) is 6. The largest absolute Gasteiger partial charge is 0.453 e. The quantitative estimate of drug-likeness (QED) is 0.127. The van der Waals surface area contributed by atoms with E-state index in [-0.39, 0.29) is 23.9 Å². The van der Waals surface area contributed by atoms with Gasteiger partial charge in [0.1, 0.15) is 11.9 Å². The molecule has 5 rings (SSSR count). The van der Waals surface area contributed by atoms with Crippen molar-refractivity contribution in [3.8, 4) is 33.6 Å². The van der Waals surface area contributed by atoms with Gasteiger partial charge in [-0.25, -0.2) is 19.6 Å². The van der Waals surface area contributed by atoms with E-state index < -0.39 is 12.1 Å². The molecule has 0 aliphatic carbocycles. The van der Waals surface area contributed by atoms with Gasteiger partial charge in [-0.3, -0.25) is 10.1 Å². The minimum absolute atomic E-state index is 0.0928. The Bertz CT molecular complexity index is 1630. The van der Waals surface area contributed by atoms with Crippen LogP contribution in [0.5, 0.6) is 0 Å². The van der Waals surface area contributed by atoms with Gasteiger partial charge < -0.3 is 30.2 Å². The highest BCUT2D eigenvalue weighted by molar-refractivity contribution is 5.88. The number of nitrogens with zero attached hydrogens (tertiary/aromatic N) is 3. The van der Waals surface area contributed by atoms with Crippen LogP contribution in [0, 0.1) is 5.92 Å². The van der Waals surface area contributed by atoms with Crippen LogP contribution < -0.4 is 16.0 Å². The third-order valence-electron chi connectivity index (χ3n) is 8.16. The lowest BCUT2D eigenvalue weighted by Gasteiger charge is -2.29. The van der Waals surface area contributed by atoms with Gasteiger partial charge in [0.2, 0.25) is 11.9 Å². The smallest absolute Gasteiger partial charge is 0.407 e. The van der Waals surface area contributed by atoms with Crippen molar-refractivity contribution in [2.24, 2.45) is 5.92 Å². The first kappa shape index (κ1) is 32.3. The van der Waals surface area contributed by atoms with Crippen molar-refractivity contribution in [1.29, 1.82) is 0 Å². The number of likely N-dealkylation sites (tertiary alicyclic amines) is 1. The van der Waals surface area contributed by atoms with Gasteiger partial charge in [-0.15, -0.1) is 0 Å². The number of benzene rings is 2. The van der Waals surface area contributed by atoms with Gasteiger partial charge in [-0.05, 0) is 36.3 Å². The number of unbranched alkanes of at least 4 members (excludes halogenated alkanes) is 1. The average Bonchev–Trinajstić information content (AvgIpc) is 3.85. The van der Waals surface area contributed by atoms with Crippen molar-refractivity contribution in [1.82, 2.24) is 35.5 Å². The van der Waals surface area contributed by atoms with Gasteiger partial charge in [0.25, 0.3) is 0 Å².